The molecule has 0 saturated heterocycles. The zero-order chi connectivity index (χ0) is 33.9. The van der Waals surface area contributed by atoms with E-state index in [1.54, 1.807) is 0 Å². The molecule has 2 heterocycles. The molecule has 0 bridgehead atoms. The number of anilines is 6. The lowest BCUT2D eigenvalue weighted by Gasteiger charge is -2.45. The summed E-state index contributed by atoms with van der Waals surface area (Å²) >= 11 is 0. The fraction of sp³-hybridized carbons (Fsp3) is 0.362. The first kappa shape index (κ1) is 31.7. The first-order valence-electron chi connectivity index (χ1n) is 19.6. The summed E-state index contributed by atoms with van der Waals surface area (Å²) < 4.78 is 0. The van der Waals surface area contributed by atoms with Crippen LogP contribution < -0.4 is 26.2 Å². The second-order valence-electron chi connectivity index (χ2n) is 16.2. The summed E-state index contributed by atoms with van der Waals surface area (Å²) in [6.45, 7) is 9.48. The molecule has 50 heavy (non-hydrogen) atoms. The van der Waals surface area contributed by atoms with Crippen LogP contribution in [0.15, 0.2) is 97.1 Å². The third kappa shape index (κ3) is 5.31. The van der Waals surface area contributed by atoms with Crippen molar-refractivity contribution in [3.05, 3.63) is 125 Å². The van der Waals surface area contributed by atoms with Gasteiger partial charge in [-0.1, -0.05) is 106 Å². The van der Waals surface area contributed by atoms with Crippen molar-refractivity contribution < 1.29 is 0 Å². The first-order valence-corrected chi connectivity index (χ1v) is 19.6. The van der Waals surface area contributed by atoms with Crippen LogP contribution in [0.2, 0.25) is 0 Å². The van der Waals surface area contributed by atoms with Crippen LogP contribution in [0, 0.1) is 13.8 Å². The Bertz CT molecular complexity index is 2030. The topological polar surface area (TPSA) is 6.48 Å². The fourth-order valence-corrected chi connectivity index (χ4v) is 10.0. The van der Waals surface area contributed by atoms with E-state index in [4.69, 9.17) is 0 Å². The van der Waals surface area contributed by atoms with Gasteiger partial charge >= 0.3 is 0 Å². The maximum Gasteiger partial charge on any atom is 0.252 e. The molecular weight excluding hydrogens is 603 g/mol. The molecule has 0 radical (unpaired) electrons. The molecule has 0 N–H and O–H groups in total. The number of rotatable bonds is 5. The molecule has 4 aliphatic rings. The lowest BCUT2D eigenvalue weighted by molar-refractivity contribution is 0.443. The van der Waals surface area contributed by atoms with Gasteiger partial charge in [-0.3, -0.25) is 0 Å². The maximum atomic E-state index is 2.64. The van der Waals surface area contributed by atoms with Crippen molar-refractivity contribution >= 4 is 57.2 Å². The third-order valence-electron chi connectivity index (χ3n) is 12.6. The molecule has 0 amide bonds. The summed E-state index contributed by atoms with van der Waals surface area (Å²) in [5.74, 6) is 1.76. The molecule has 0 aromatic heterocycles. The van der Waals surface area contributed by atoms with Gasteiger partial charge in [-0.05, 0) is 144 Å². The molecule has 2 nitrogen and oxygen atoms in total. The van der Waals surface area contributed by atoms with Crippen LogP contribution in [-0.2, 0) is 0 Å². The van der Waals surface area contributed by atoms with Crippen LogP contribution in [0.4, 0.5) is 34.1 Å². The van der Waals surface area contributed by atoms with Crippen LogP contribution in [0.5, 0.6) is 0 Å². The molecule has 2 aliphatic heterocycles. The number of hydrogen-bond acceptors (Lipinski definition) is 2. The minimum absolute atomic E-state index is 0.174. The van der Waals surface area contributed by atoms with E-state index in [0.29, 0.717) is 17.8 Å². The minimum atomic E-state index is 0.174. The average molecular weight is 655 g/mol. The Kier molecular flexibility index (Phi) is 8.14. The Hall–Kier alpha value is -4.24. The Balaban J connectivity index is 1.32. The third-order valence-corrected chi connectivity index (χ3v) is 12.6. The SMILES string of the molecule is Cc1cc(C)c2c(c1)N(c1ccccc1)c1cc(C(C)C)cc3c1B2c1cc(C2CCCCC2)ccc1N3c1ccc(C2CCCCC2)cc1. The zero-order valence-electron chi connectivity index (χ0n) is 30.5. The van der Waals surface area contributed by atoms with E-state index in [0.717, 1.165) is 0 Å². The summed E-state index contributed by atoms with van der Waals surface area (Å²) in [5.41, 5.74) is 19.4. The molecule has 5 aromatic rings. The number of para-hydroxylation sites is 1. The van der Waals surface area contributed by atoms with Gasteiger partial charge in [-0.2, -0.15) is 0 Å². The quantitative estimate of drug-likeness (QED) is 0.170. The Morgan fingerprint density at radius 2 is 1.10 bits per heavy atom. The van der Waals surface area contributed by atoms with Gasteiger partial charge in [0, 0.05) is 34.1 Å². The van der Waals surface area contributed by atoms with E-state index in [1.807, 2.05) is 0 Å². The van der Waals surface area contributed by atoms with Gasteiger partial charge in [0.15, 0.2) is 0 Å². The number of nitrogens with zero attached hydrogens (tertiary/aromatic N) is 2. The highest BCUT2D eigenvalue weighted by atomic mass is 15.2. The lowest BCUT2D eigenvalue weighted by Crippen LogP contribution is -2.62. The van der Waals surface area contributed by atoms with Crippen LogP contribution >= 0.6 is 0 Å². The summed E-state index contributed by atoms with van der Waals surface area (Å²) in [5, 5.41) is 0. The molecule has 0 atom stereocenters. The summed E-state index contributed by atoms with van der Waals surface area (Å²) in [6.07, 6.45) is 13.5. The molecule has 2 saturated carbocycles. The van der Waals surface area contributed by atoms with E-state index in [1.165, 1.54) is 143 Å². The Morgan fingerprint density at radius 3 is 1.74 bits per heavy atom. The van der Waals surface area contributed by atoms with Gasteiger partial charge in [0.05, 0.1) is 0 Å². The van der Waals surface area contributed by atoms with Crippen molar-refractivity contribution in [2.24, 2.45) is 0 Å². The Labute approximate surface area is 300 Å². The fourth-order valence-electron chi connectivity index (χ4n) is 10.0. The van der Waals surface area contributed by atoms with Crippen LogP contribution in [0.25, 0.3) is 0 Å². The molecule has 0 unspecified atom stereocenters. The number of hydrogen-bond donors (Lipinski definition) is 0. The van der Waals surface area contributed by atoms with Crippen LogP contribution in [0.1, 0.15) is 124 Å². The Morgan fingerprint density at radius 1 is 0.540 bits per heavy atom. The van der Waals surface area contributed by atoms with Crippen LogP contribution in [0.3, 0.4) is 0 Å². The highest BCUT2D eigenvalue weighted by molar-refractivity contribution is 7.00. The molecule has 0 spiro atoms. The molecule has 252 valence electrons. The van der Waals surface area contributed by atoms with Crippen molar-refractivity contribution in [3.63, 3.8) is 0 Å². The smallest absolute Gasteiger partial charge is 0.252 e. The van der Waals surface area contributed by atoms with Crippen molar-refractivity contribution in [1.82, 2.24) is 0 Å². The van der Waals surface area contributed by atoms with Gasteiger partial charge in [0.2, 0.25) is 0 Å². The average Bonchev–Trinajstić information content (AvgIpc) is 3.15. The standard InChI is InChI=1S/C47H51BN2/c1-31(2)38-29-44-47-45(30-38)50(39-18-12-7-13-19-39)43-27-32(3)26-33(4)46(43)48(47)41-28-37(35-16-10-6-11-17-35)22-25-42(41)49(44)40-23-20-36(21-24-40)34-14-8-5-9-15-34/h7,12-13,18-31,34-35H,5-6,8-11,14-17H2,1-4H3. The molecular formula is C47H51BN2. The second-order valence-corrected chi connectivity index (χ2v) is 16.2. The molecule has 2 fully saturated rings. The number of aryl methyl sites for hydroxylation is 2. The van der Waals surface area contributed by atoms with E-state index >= 15 is 0 Å². The van der Waals surface area contributed by atoms with E-state index < -0.39 is 0 Å². The second kappa shape index (κ2) is 12.8. The number of fused-ring (bicyclic) bond motifs is 4. The largest absolute Gasteiger partial charge is 0.311 e. The van der Waals surface area contributed by atoms with Crippen molar-refractivity contribution in [1.29, 1.82) is 0 Å². The van der Waals surface area contributed by atoms with Gasteiger partial charge in [0.1, 0.15) is 0 Å². The van der Waals surface area contributed by atoms with Gasteiger partial charge in [-0.15, -0.1) is 0 Å². The summed E-state index contributed by atoms with van der Waals surface area (Å²) in [4.78, 5) is 5.21. The van der Waals surface area contributed by atoms with Crippen molar-refractivity contribution in [3.8, 4) is 0 Å². The van der Waals surface area contributed by atoms with Crippen LogP contribution in [-0.4, -0.2) is 6.71 Å². The molecule has 9 rings (SSSR count). The normalized spacial score (nSPS) is 17.5. The van der Waals surface area contributed by atoms with E-state index in [-0.39, 0.29) is 6.71 Å². The van der Waals surface area contributed by atoms with Crippen molar-refractivity contribution in [2.45, 2.75) is 110 Å². The maximum absolute atomic E-state index is 2.64. The van der Waals surface area contributed by atoms with E-state index in [9.17, 15) is 0 Å². The van der Waals surface area contributed by atoms with Gasteiger partial charge < -0.3 is 9.80 Å². The molecule has 3 heteroatoms. The summed E-state index contributed by atoms with van der Waals surface area (Å²) in [7, 11) is 0. The highest BCUT2D eigenvalue weighted by Crippen LogP contribution is 2.47. The zero-order valence-corrected chi connectivity index (χ0v) is 30.5. The minimum Gasteiger partial charge on any atom is -0.311 e. The highest BCUT2D eigenvalue weighted by Gasteiger charge is 2.44. The monoisotopic (exact) mass is 654 g/mol. The van der Waals surface area contributed by atoms with Gasteiger partial charge in [0.25, 0.3) is 6.71 Å². The lowest BCUT2D eigenvalue weighted by atomic mass is 9.32. The predicted octanol–water partition coefficient (Wildman–Crippen LogP) is 11.6. The molecule has 5 aromatic carbocycles. The number of benzene rings is 5. The van der Waals surface area contributed by atoms with Gasteiger partial charge in [-0.25, -0.2) is 0 Å². The van der Waals surface area contributed by atoms with Crippen molar-refractivity contribution in [2.75, 3.05) is 9.80 Å². The summed E-state index contributed by atoms with van der Waals surface area (Å²) in [6, 6.07) is 38.4. The van der Waals surface area contributed by atoms with E-state index in [2.05, 4.69) is 135 Å². The first-order chi connectivity index (χ1) is 24.5. The molecule has 2 aliphatic carbocycles. The predicted molar refractivity (Wildman–Crippen MR) is 216 cm³/mol.